The van der Waals surface area contributed by atoms with Crippen molar-refractivity contribution in [1.29, 1.82) is 0 Å². The standard InChI is InChI=1S/C44H47N3/c1-31-29-46(8)30-47(31)35-20-16-18-33(28-35)43(38-23-11-9-21-36(38)37-22-10-12-24-39(37)43)32-17-15-19-34(27-32)44(41(2,3)4,42(5,6)7)40-25-13-14-26-45-40/h9-29H,30H2,1-8H3. The minimum atomic E-state index is -0.506. The SMILES string of the molecule is CC1=CN(C)CN1c1cccc(C2(c3cccc(C(c4ccccn4)(C(C)(C)C)C(C)(C)C)c3)c3ccccc3-c3ccccc32)c1. The number of anilines is 1. The smallest absolute Gasteiger partial charge is 0.0941 e. The molecule has 1 aliphatic heterocycles. The average Bonchev–Trinajstić information content (AvgIpc) is 3.54. The van der Waals surface area contributed by atoms with Crippen LogP contribution in [0.15, 0.2) is 133 Å². The molecular weight excluding hydrogens is 571 g/mol. The average molecular weight is 618 g/mol. The molecule has 5 aromatic rings. The van der Waals surface area contributed by atoms with Crippen molar-refractivity contribution in [3.8, 4) is 11.1 Å². The molecule has 0 bridgehead atoms. The van der Waals surface area contributed by atoms with E-state index in [4.69, 9.17) is 4.98 Å². The second-order valence-corrected chi connectivity index (χ2v) is 15.5. The Bertz CT molecular complexity index is 1910. The summed E-state index contributed by atoms with van der Waals surface area (Å²) >= 11 is 0. The molecule has 2 heterocycles. The van der Waals surface area contributed by atoms with Gasteiger partial charge < -0.3 is 9.80 Å². The molecule has 0 atom stereocenters. The van der Waals surface area contributed by atoms with Gasteiger partial charge in [0.15, 0.2) is 0 Å². The van der Waals surface area contributed by atoms with Crippen LogP contribution in [0, 0.1) is 10.8 Å². The quantitative estimate of drug-likeness (QED) is 0.192. The van der Waals surface area contributed by atoms with E-state index < -0.39 is 5.41 Å². The highest BCUT2D eigenvalue weighted by Gasteiger charge is 2.55. The first-order valence-corrected chi connectivity index (χ1v) is 16.9. The maximum atomic E-state index is 5.09. The Labute approximate surface area is 281 Å². The molecule has 0 spiro atoms. The summed E-state index contributed by atoms with van der Waals surface area (Å²) in [6.07, 6.45) is 4.18. The molecule has 1 aliphatic carbocycles. The fourth-order valence-corrected chi connectivity index (χ4v) is 9.46. The largest absolute Gasteiger partial charge is 0.361 e. The Morgan fingerprint density at radius 3 is 1.77 bits per heavy atom. The van der Waals surface area contributed by atoms with Gasteiger partial charge >= 0.3 is 0 Å². The van der Waals surface area contributed by atoms with Gasteiger partial charge in [-0.3, -0.25) is 4.98 Å². The fraction of sp³-hybridized carbons (Fsp3) is 0.295. The number of hydrogen-bond acceptors (Lipinski definition) is 3. The number of pyridine rings is 1. The van der Waals surface area contributed by atoms with E-state index in [1.54, 1.807) is 0 Å². The molecule has 47 heavy (non-hydrogen) atoms. The Morgan fingerprint density at radius 1 is 0.638 bits per heavy atom. The summed E-state index contributed by atoms with van der Waals surface area (Å²) in [5.41, 5.74) is 11.6. The molecule has 238 valence electrons. The third kappa shape index (κ3) is 4.50. The van der Waals surface area contributed by atoms with E-state index in [2.05, 4.69) is 181 Å². The molecule has 0 saturated carbocycles. The van der Waals surface area contributed by atoms with Crippen LogP contribution in [0.5, 0.6) is 0 Å². The van der Waals surface area contributed by atoms with Gasteiger partial charge in [-0.05, 0) is 81.0 Å². The van der Waals surface area contributed by atoms with E-state index in [1.807, 2.05) is 12.3 Å². The minimum absolute atomic E-state index is 0.136. The second-order valence-electron chi connectivity index (χ2n) is 15.5. The first kappa shape index (κ1) is 31.0. The first-order chi connectivity index (χ1) is 22.4. The number of allylic oxidation sites excluding steroid dienone is 1. The third-order valence-electron chi connectivity index (χ3n) is 10.8. The lowest BCUT2D eigenvalue weighted by molar-refractivity contribution is 0.0864. The summed E-state index contributed by atoms with van der Waals surface area (Å²) in [7, 11) is 2.14. The van der Waals surface area contributed by atoms with Crippen LogP contribution in [0.1, 0.15) is 82.0 Å². The van der Waals surface area contributed by atoms with E-state index in [0.29, 0.717) is 0 Å². The normalized spacial score (nSPS) is 15.8. The molecule has 0 saturated heterocycles. The summed E-state index contributed by atoms with van der Waals surface area (Å²) < 4.78 is 0. The van der Waals surface area contributed by atoms with Crippen molar-refractivity contribution in [3.05, 3.63) is 167 Å². The minimum Gasteiger partial charge on any atom is -0.361 e. The lowest BCUT2D eigenvalue weighted by Gasteiger charge is -2.54. The number of benzene rings is 4. The highest BCUT2D eigenvalue weighted by Crippen LogP contribution is 2.60. The third-order valence-corrected chi connectivity index (χ3v) is 10.8. The van der Waals surface area contributed by atoms with Gasteiger partial charge in [0.05, 0.1) is 17.8 Å². The Balaban J connectivity index is 1.57. The van der Waals surface area contributed by atoms with Crippen LogP contribution in [0.4, 0.5) is 5.69 Å². The van der Waals surface area contributed by atoms with Gasteiger partial charge in [-0.25, -0.2) is 0 Å². The topological polar surface area (TPSA) is 19.4 Å². The molecule has 1 aromatic heterocycles. The molecular formula is C44H47N3. The van der Waals surface area contributed by atoms with Crippen molar-refractivity contribution in [2.24, 2.45) is 10.8 Å². The molecule has 4 aromatic carbocycles. The maximum Gasteiger partial charge on any atom is 0.0941 e. The van der Waals surface area contributed by atoms with Gasteiger partial charge in [0, 0.05) is 36.2 Å². The fourth-order valence-electron chi connectivity index (χ4n) is 9.46. The van der Waals surface area contributed by atoms with Gasteiger partial charge in [0.1, 0.15) is 0 Å². The molecule has 0 fully saturated rings. The maximum absolute atomic E-state index is 5.09. The van der Waals surface area contributed by atoms with Gasteiger partial charge in [0.25, 0.3) is 0 Å². The van der Waals surface area contributed by atoms with Crippen molar-refractivity contribution in [2.45, 2.75) is 59.3 Å². The van der Waals surface area contributed by atoms with Crippen LogP contribution in [0.3, 0.4) is 0 Å². The summed E-state index contributed by atoms with van der Waals surface area (Å²) in [5.74, 6) is 0. The number of aromatic nitrogens is 1. The Morgan fingerprint density at radius 2 is 1.21 bits per heavy atom. The van der Waals surface area contributed by atoms with Crippen molar-refractivity contribution < 1.29 is 0 Å². The molecule has 0 N–H and O–H groups in total. The molecule has 2 aliphatic rings. The number of nitrogens with zero attached hydrogens (tertiary/aromatic N) is 3. The predicted molar refractivity (Wildman–Crippen MR) is 197 cm³/mol. The van der Waals surface area contributed by atoms with E-state index in [1.165, 1.54) is 50.3 Å². The molecule has 7 rings (SSSR count). The summed E-state index contributed by atoms with van der Waals surface area (Å²) in [4.78, 5) is 9.75. The van der Waals surface area contributed by atoms with E-state index in [9.17, 15) is 0 Å². The van der Waals surface area contributed by atoms with Crippen LogP contribution < -0.4 is 4.90 Å². The van der Waals surface area contributed by atoms with Crippen LogP contribution in [-0.2, 0) is 10.8 Å². The summed E-state index contributed by atoms with van der Waals surface area (Å²) in [5, 5.41) is 0. The van der Waals surface area contributed by atoms with E-state index in [-0.39, 0.29) is 16.2 Å². The monoisotopic (exact) mass is 617 g/mol. The Hall–Kier alpha value is -4.63. The van der Waals surface area contributed by atoms with Gasteiger partial charge in [0.2, 0.25) is 0 Å². The van der Waals surface area contributed by atoms with Crippen molar-refractivity contribution in [2.75, 3.05) is 18.6 Å². The molecule has 3 heteroatoms. The van der Waals surface area contributed by atoms with Crippen LogP contribution >= 0.6 is 0 Å². The lowest BCUT2D eigenvalue weighted by atomic mass is 9.49. The number of hydrogen-bond donors (Lipinski definition) is 0. The molecule has 3 nitrogen and oxygen atoms in total. The zero-order chi connectivity index (χ0) is 33.2. The Kier molecular flexibility index (Phi) is 7.24. The second kappa shape index (κ2) is 11.0. The van der Waals surface area contributed by atoms with E-state index >= 15 is 0 Å². The van der Waals surface area contributed by atoms with Crippen molar-refractivity contribution in [1.82, 2.24) is 9.88 Å². The van der Waals surface area contributed by atoms with Gasteiger partial charge in [-0.1, -0.05) is 133 Å². The van der Waals surface area contributed by atoms with Crippen molar-refractivity contribution in [3.63, 3.8) is 0 Å². The van der Waals surface area contributed by atoms with Gasteiger partial charge in [-0.2, -0.15) is 0 Å². The highest BCUT2D eigenvalue weighted by molar-refractivity contribution is 5.86. The zero-order valence-electron chi connectivity index (χ0n) is 29.2. The zero-order valence-corrected chi connectivity index (χ0v) is 29.2. The molecule has 0 radical (unpaired) electrons. The van der Waals surface area contributed by atoms with Gasteiger partial charge in [-0.15, -0.1) is 0 Å². The van der Waals surface area contributed by atoms with Crippen LogP contribution in [0.2, 0.25) is 0 Å². The molecule has 0 amide bonds. The predicted octanol–water partition coefficient (Wildman–Crippen LogP) is 10.4. The number of rotatable bonds is 5. The van der Waals surface area contributed by atoms with Crippen molar-refractivity contribution >= 4 is 5.69 Å². The van der Waals surface area contributed by atoms with E-state index in [0.717, 1.165) is 12.4 Å². The van der Waals surface area contributed by atoms with Crippen LogP contribution in [0.25, 0.3) is 11.1 Å². The number of fused-ring (bicyclic) bond motifs is 3. The highest BCUT2D eigenvalue weighted by atomic mass is 15.3. The lowest BCUT2D eigenvalue weighted by Crippen LogP contribution is -2.52. The van der Waals surface area contributed by atoms with Crippen LogP contribution in [-0.4, -0.2) is 23.6 Å². The molecule has 0 unspecified atom stereocenters. The summed E-state index contributed by atoms with van der Waals surface area (Å²) in [6.45, 7) is 17.3. The summed E-state index contributed by atoms with van der Waals surface area (Å²) in [6, 6.07) is 43.2. The first-order valence-electron chi connectivity index (χ1n) is 16.9.